The fourth-order valence-corrected chi connectivity index (χ4v) is 3.86. The fraction of sp³-hybridized carbons (Fsp3) is 0.261. The zero-order valence-electron chi connectivity index (χ0n) is 17.4. The molecule has 4 rings (SSSR count). The molecule has 1 fully saturated rings. The minimum absolute atomic E-state index is 0.0237. The Hall–Kier alpha value is -3.52. The van der Waals surface area contributed by atoms with Crippen LogP contribution in [0.1, 0.15) is 39.1 Å². The molecule has 0 atom stereocenters. The number of carbonyl (C=O) groups is 2. The van der Waals surface area contributed by atoms with Gasteiger partial charge >= 0.3 is 0 Å². The Bertz CT molecular complexity index is 1110. The molecule has 8 nitrogen and oxygen atoms in total. The molecule has 0 radical (unpaired) electrons. The van der Waals surface area contributed by atoms with E-state index in [9.17, 15) is 9.59 Å². The average Bonchev–Trinajstić information content (AvgIpc) is 2.83. The highest BCUT2D eigenvalue weighted by Crippen LogP contribution is 2.25. The Kier molecular flexibility index (Phi) is 6.61. The normalized spacial score (nSPS) is 14.2. The summed E-state index contributed by atoms with van der Waals surface area (Å²) in [6, 6.07) is 14.1. The van der Waals surface area contributed by atoms with E-state index in [1.54, 1.807) is 42.5 Å². The van der Waals surface area contributed by atoms with Gasteiger partial charge in [0.2, 0.25) is 17.8 Å². The molecule has 2 heterocycles. The van der Waals surface area contributed by atoms with Crippen LogP contribution in [0.15, 0.2) is 54.9 Å². The molecule has 0 unspecified atom stereocenters. The van der Waals surface area contributed by atoms with Gasteiger partial charge in [0.15, 0.2) is 5.78 Å². The minimum atomic E-state index is -0.466. The van der Waals surface area contributed by atoms with Crippen molar-refractivity contribution >= 4 is 35.2 Å². The van der Waals surface area contributed by atoms with Gasteiger partial charge in [0.1, 0.15) is 6.33 Å². The number of benzene rings is 2. The number of ketones is 1. The molecule has 1 aliphatic rings. The van der Waals surface area contributed by atoms with E-state index < -0.39 is 5.91 Å². The Morgan fingerprint density at radius 3 is 2.53 bits per heavy atom. The predicted molar refractivity (Wildman–Crippen MR) is 123 cm³/mol. The number of rotatable bonds is 7. The summed E-state index contributed by atoms with van der Waals surface area (Å²) in [4.78, 5) is 39.1. The van der Waals surface area contributed by atoms with Crippen LogP contribution in [-0.4, -0.2) is 39.7 Å². The number of nitrogens with zero attached hydrogens (tertiary/aromatic N) is 4. The standard InChI is InChI=1S/C23H23ClN6O2/c24-19-6-4-16(5-7-19)20(31)17-8-10-30(11-9-17)23-28-14-27-22(29-23)26-13-15-2-1-3-18(12-15)21(25)32/h1-7,12,14,17H,8-11,13H2,(H2,25,32)(H,26,27,28,29). The average molecular weight is 451 g/mol. The first-order valence-corrected chi connectivity index (χ1v) is 10.7. The highest BCUT2D eigenvalue weighted by molar-refractivity contribution is 6.30. The van der Waals surface area contributed by atoms with Crippen molar-refractivity contribution in [1.29, 1.82) is 0 Å². The number of halogens is 1. The molecular weight excluding hydrogens is 428 g/mol. The maximum Gasteiger partial charge on any atom is 0.248 e. The van der Waals surface area contributed by atoms with Crippen LogP contribution in [0.2, 0.25) is 5.02 Å². The zero-order valence-corrected chi connectivity index (χ0v) is 18.1. The third-order valence-corrected chi connectivity index (χ3v) is 5.75. The van der Waals surface area contributed by atoms with E-state index in [-0.39, 0.29) is 11.7 Å². The number of anilines is 2. The van der Waals surface area contributed by atoms with Crippen molar-refractivity contribution < 1.29 is 9.59 Å². The molecule has 1 saturated heterocycles. The van der Waals surface area contributed by atoms with Crippen LogP contribution in [0, 0.1) is 5.92 Å². The highest BCUT2D eigenvalue weighted by atomic mass is 35.5. The number of nitrogens with one attached hydrogen (secondary N) is 1. The molecule has 3 N–H and O–H groups in total. The zero-order chi connectivity index (χ0) is 22.5. The summed E-state index contributed by atoms with van der Waals surface area (Å²) in [6.45, 7) is 1.82. The molecule has 1 aliphatic heterocycles. The Labute approximate surface area is 190 Å². The van der Waals surface area contributed by atoms with Gasteiger partial charge in [-0.25, -0.2) is 9.97 Å². The van der Waals surface area contributed by atoms with Gasteiger partial charge in [-0.2, -0.15) is 4.98 Å². The second-order valence-corrected chi connectivity index (χ2v) is 8.10. The van der Waals surface area contributed by atoms with Crippen LogP contribution in [0.3, 0.4) is 0 Å². The van der Waals surface area contributed by atoms with Crippen molar-refractivity contribution in [3.05, 3.63) is 76.6 Å². The largest absolute Gasteiger partial charge is 0.366 e. The van der Waals surface area contributed by atoms with Gasteiger partial charge in [-0.3, -0.25) is 9.59 Å². The second kappa shape index (κ2) is 9.74. The van der Waals surface area contributed by atoms with Gasteiger partial charge in [-0.15, -0.1) is 0 Å². The molecule has 9 heteroatoms. The maximum atomic E-state index is 12.8. The number of hydrogen-bond donors (Lipinski definition) is 2. The molecule has 2 aromatic carbocycles. The van der Waals surface area contributed by atoms with Crippen LogP contribution in [0.4, 0.5) is 11.9 Å². The van der Waals surface area contributed by atoms with Gasteiger partial charge in [-0.1, -0.05) is 23.7 Å². The Balaban J connectivity index is 1.35. The van der Waals surface area contributed by atoms with E-state index in [0.29, 0.717) is 47.7 Å². The summed E-state index contributed by atoms with van der Waals surface area (Å²) >= 11 is 5.92. The number of Topliss-reactive ketones (excluding diaryl/α,β-unsaturated/α-hetero) is 1. The van der Waals surface area contributed by atoms with Crippen LogP contribution in [0.5, 0.6) is 0 Å². The van der Waals surface area contributed by atoms with Crippen LogP contribution in [0.25, 0.3) is 0 Å². The summed E-state index contributed by atoms with van der Waals surface area (Å²) in [5.74, 6) is 0.679. The van der Waals surface area contributed by atoms with Gasteiger partial charge in [0, 0.05) is 41.7 Å². The smallest absolute Gasteiger partial charge is 0.248 e. The van der Waals surface area contributed by atoms with Crippen molar-refractivity contribution in [3.63, 3.8) is 0 Å². The quantitative estimate of drug-likeness (QED) is 0.530. The van der Waals surface area contributed by atoms with Gasteiger partial charge in [0.05, 0.1) is 0 Å². The lowest BCUT2D eigenvalue weighted by Crippen LogP contribution is -2.37. The number of hydrogen-bond acceptors (Lipinski definition) is 7. The summed E-state index contributed by atoms with van der Waals surface area (Å²) in [5.41, 5.74) is 7.38. The van der Waals surface area contributed by atoms with E-state index in [0.717, 1.165) is 18.4 Å². The summed E-state index contributed by atoms with van der Waals surface area (Å²) in [7, 11) is 0. The molecule has 164 valence electrons. The molecule has 1 aromatic heterocycles. The first kappa shape index (κ1) is 21.7. The number of aromatic nitrogens is 3. The topological polar surface area (TPSA) is 114 Å². The third-order valence-electron chi connectivity index (χ3n) is 5.50. The van der Waals surface area contributed by atoms with Crippen LogP contribution >= 0.6 is 11.6 Å². The molecule has 0 bridgehead atoms. The molecule has 32 heavy (non-hydrogen) atoms. The molecule has 3 aromatic rings. The molecular formula is C23H23ClN6O2. The number of primary amides is 1. The van der Waals surface area contributed by atoms with Gasteiger partial charge < -0.3 is 16.0 Å². The van der Waals surface area contributed by atoms with Gasteiger partial charge in [-0.05, 0) is 54.8 Å². The molecule has 1 amide bonds. The predicted octanol–water partition coefficient (Wildman–Crippen LogP) is 3.34. The lowest BCUT2D eigenvalue weighted by molar-refractivity contribution is 0.0899. The van der Waals surface area contributed by atoms with Crippen molar-refractivity contribution in [2.45, 2.75) is 19.4 Å². The second-order valence-electron chi connectivity index (χ2n) is 7.66. The number of amides is 1. The SMILES string of the molecule is NC(=O)c1cccc(CNc2ncnc(N3CCC(C(=O)c4ccc(Cl)cc4)CC3)n2)c1. The summed E-state index contributed by atoms with van der Waals surface area (Å²) < 4.78 is 0. The number of carbonyl (C=O) groups excluding carboxylic acids is 2. The highest BCUT2D eigenvalue weighted by Gasteiger charge is 2.27. The summed E-state index contributed by atoms with van der Waals surface area (Å²) in [6.07, 6.45) is 2.93. The molecule has 0 saturated carbocycles. The van der Waals surface area contributed by atoms with Crippen molar-refractivity contribution in [2.24, 2.45) is 11.7 Å². The first-order valence-electron chi connectivity index (χ1n) is 10.4. The molecule has 0 spiro atoms. The monoisotopic (exact) mass is 450 g/mol. The summed E-state index contributed by atoms with van der Waals surface area (Å²) in [5, 5.41) is 3.78. The molecule has 0 aliphatic carbocycles. The van der Waals surface area contributed by atoms with E-state index in [2.05, 4.69) is 25.2 Å². The maximum absolute atomic E-state index is 12.8. The van der Waals surface area contributed by atoms with Crippen molar-refractivity contribution in [2.75, 3.05) is 23.3 Å². The lowest BCUT2D eigenvalue weighted by atomic mass is 9.89. The fourth-order valence-electron chi connectivity index (χ4n) is 3.73. The number of nitrogens with two attached hydrogens (primary N) is 1. The Morgan fingerprint density at radius 2 is 1.81 bits per heavy atom. The van der Waals surface area contributed by atoms with E-state index in [4.69, 9.17) is 17.3 Å². The van der Waals surface area contributed by atoms with Gasteiger partial charge in [0.25, 0.3) is 0 Å². The third kappa shape index (κ3) is 5.20. The van der Waals surface area contributed by atoms with E-state index in [1.807, 2.05) is 6.07 Å². The van der Waals surface area contributed by atoms with Crippen LogP contribution < -0.4 is 16.0 Å². The van der Waals surface area contributed by atoms with E-state index in [1.165, 1.54) is 6.33 Å². The van der Waals surface area contributed by atoms with Crippen LogP contribution in [-0.2, 0) is 6.54 Å². The number of piperidine rings is 1. The minimum Gasteiger partial charge on any atom is -0.366 e. The van der Waals surface area contributed by atoms with Crippen molar-refractivity contribution in [3.8, 4) is 0 Å². The first-order chi connectivity index (χ1) is 15.5. The van der Waals surface area contributed by atoms with E-state index >= 15 is 0 Å². The van der Waals surface area contributed by atoms with Crippen molar-refractivity contribution in [1.82, 2.24) is 15.0 Å². The lowest BCUT2D eigenvalue weighted by Gasteiger charge is -2.31. The Morgan fingerprint density at radius 1 is 1.06 bits per heavy atom.